The van der Waals surface area contributed by atoms with Gasteiger partial charge in [0.05, 0.1) is 24.1 Å². The molecule has 0 aliphatic carbocycles. The van der Waals surface area contributed by atoms with Crippen LogP contribution in [0.2, 0.25) is 0 Å². The van der Waals surface area contributed by atoms with Gasteiger partial charge >= 0.3 is 5.97 Å². The molecular weight excluding hydrogens is 454 g/mol. The van der Waals surface area contributed by atoms with Crippen molar-refractivity contribution in [1.29, 1.82) is 0 Å². The summed E-state index contributed by atoms with van der Waals surface area (Å²) in [4.78, 5) is 38.9. The van der Waals surface area contributed by atoms with Gasteiger partial charge in [-0.15, -0.1) is 0 Å². The number of likely N-dealkylation sites (tertiary alicyclic amines) is 1. The normalized spacial score (nSPS) is 14.6. The van der Waals surface area contributed by atoms with Crippen molar-refractivity contribution >= 4 is 30.0 Å². The number of nitrogens with one attached hydrogen (secondary N) is 2. The number of carbonyl (C=O) groups excluding carboxylic acids is 2. The van der Waals surface area contributed by atoms with E-state index < -0.39 is 11.5 Å². The van der Waals surface area contributed by atoms with Crippen LogP contribution < -0.4 is 5.32 Å². The predicted octanol–water partition coefficient (Wildman–Crippen LogP) is 4.44. The van der Waals surface area contributed by atoms with Crippen molar-refractivity contribution in [2.24, 2.45) is 0 Å². The van der Waals surface area contributed by atoms with Crippen LogP contribution in [0, 0.1) is 0 Å². The summed E-state index contributed by atoms with van der Waals surface area (Å²) in [5.41, 5.74) is 3.62. The fourth-order valence-corrected chi connectivity index (χ4v) is 4.56. The van der Waals surface area contributed by atoms with Gasteiger partial charge in [0.15, 0.2) is 0 Å². The first-order valence-corrected chi connectivity index (χ1v) is 12.1. The van der Waals surface area contributed by atoms with E-state index in [1.54, 1.807) is 19.1 Å². The van der Waals surface area contributed by atoms with Crippen molar-refractivity contribution in [3.63, 3.8) is 0 Å². The Kier molecular flexibility index (Phi) is 7.63. The van der Waals surface area contributed by atoms with Gasteiger partial charge in [-0.3, -0.25) is 4.79 Å². The number of piperidine rings is 1. The molecule has 36 heavy (non-hydrogen) atoms. The molecule has 2 N–H and O–H groups in total. The topological polar surface area (TPSA) is 100 Å². The molecule has 0 spiro atoms. The van der Waals surface area contributed by atoms with E-state index in [0.717, 1.165) is 22.5 Å². The van der Waals surface area contributed by atoms with Crippen molar-refractivity contribution in [1.82, 2.24) is 19.9 Å². The average molecular weight is 486 g/mol. The third kappa shape index (κ3) is 5.38. The Hall–Kier alpha value is -4.20. The largest absolute Gasteiger partial charge is 0.462 e. The minimum atomic E-state index is -0.448. The zero-order chi connectivity index (χ0) is 25.5. The minimum absolute atomic E-state index is 0.0687. The van der Waals surface area contributed by atoms with Gasteiger partial charge in [-0.05, 0) is 43.0 Å². The first kappa shape index (κ1) is 24.9. The van der Waals surface area contributed by atoms with E-state index in [2.05, 4.69) is 45.6 Å². The third-order valence-electron chi connectivity index (χ3n) is 6.51. The summed E-state index contributed by atoms with van der Waals surface area (Å²) < 4.78 is 5.02. The van der Waals surface area contributed by atoms with Crippen molar-refractivity contribution in [3.8, 4) is 0 Å². The van der Waals surface area contributed by atoms with E-state index in [1.165, 1.54) is 12.4 Å². The van der Waals surface area contributed by atoms with Crippen molar-refractivity contribution in [2.45, 2.75) is 31.7 Å². The summed E-state index contributed by atoms with van der Waals surface area (Å²) in [5, 5.41) is 3.50. The highest BCUT2D eigenvalue weighted by Gasteiger charge is 2.38. The van der Waals surface area contributed by atoms with E-state index in [-0.39, 0.29) is 5.91 Å². The predicted molar refractivity (Wildman–Crippen MR) is 140 cm³/mol. The fourth-order valence-electron chi connectivity index (χ4n) is 4.56. The van der Waals surface area contributed by atoms with E-state index in [0.29, 0.717) is 50.5 Å². The average Bonchev–Trinajstić information content (AvgIpc) is 3.32. The number of nitrogens with zero attached hydrogens (tertiary/aromatic N) is 3. The van der Waals surface area contributed by atoms with Gasteiger partial charge in [-0.2, -0.15) is 0 Å². The molecule has 2 aromatic heterocycles. The molecule has 8 nitrogen and oxygen atoms in total. The lowest BCUT2D eigenvalue weighted by atomic mass is 9.80. The van der Waals surface area contributed by atoms with E-state index in [1.807, 2.05) is 29.2 Å². The zero-order valence-electron chi connectivity index (χ0n) is 20.5. The van der Waals surface area contributed by atoms with Crippen LogP contribution in [0.3, 0.4) is 0 Å². The number of esters is 1. The SMILES string of the molecule is C=Cc1cc(CC(=O)N2CCC(Nc3ncc(C(=O)OCC)cn3)(c3ccccc3)CC2)[nH]c1C=C. The van der Waals surface area contributed by atoms with Crippen LogP contribution in [0.15, 0.2) is 61.9 Å². The van der Waals surface area contributed by atoms with Gasteiger partial charge in [-0.25, -0.2) is 14.8 Å². The standard InChI is InChI=1S/C28H31N5O3/c1-4-20-16-23(31-24(20)5-2)17-25(34)33-14-12-28(13-15-33,22-10-8-7-9-11-22)32-27-29-18-21(19-30-27)26(35)36-6-3/h4-5,7-11,16,18-19,31H,1-2,6,12-15,17H2,3H3,(H,29,30,32). The lowest BCUT2D eigenvalue weighted by Gasteiger charge is -2.43. The Morgan fingerprint density at radius 3 is 2.42 bits per heavy atom. The smallest absolute Gasteiger partial charge is 0.341 e. The van der Waals surface area contributed by atoms with Gasteiger partial charge in [0.1, 0.15) is 0 Å². The second-order valence-corrected chi connectivity index (χ2v) is 8.72. The summed E-state index contributed by atoms with van der Waals surface area (Å²) in [6.45, 7) is 10.9. The summed E-state index contributed by atoms with van der Waals surface area (Å²) in [5.74, 6) is 0.0438. The highest BCUT2D eigenvalue weighted by atomic mass is 16.5. The highest BCUT2D eigenvalue weighted by molar-refractivity contribution is 5.88. The monoisotopic (exact) mass is 485 g/mol. The van der Waals surface area contributed by atoms with E-state index in [4.69, 9.17) is 4.74 Å². The number of H-pyrrole nitrogens is 1. The molecule has 1 fully saturated rings. The number of anilines is 1. The lowest BCUT2D eigenvalue weighted by Crippen LogP contribution is -2.49. The maximum absolute atomic E-state index is 13.1. The molecule has 0 bridgehead atoms. The Labute approximate surface area is 211 Å². The molecule has 1 aromatic carbocycles. The molecular formula is C28H31N5O3. The van der Waals surface area contributed by atoms with Crippen LogP contribution >= 0.6 is 0 Å². The fraction of sp³-hybridized carbons (Fsp3) is 0.286. The molecule has 0 saturated carbocycles. The first-order chi connectivity index (χ1) is 17.5. The first-order valence-electron chi connectivity index (χ1n) is 12.1. The van der Waals surface area contributed by atoms with Crippen LogP contribution in [0.25, 0.3) is 12.2 Å². The Bertz CT molecular complexity index is 1200. The molecule has 1 saturated heterocycles. The minimum Gasteiger partial charge on any atom is -0.462 e. The van der Waals surface area contributed by atoms with E-state index in [9.17, 15) is 9.59 Å². The second kappa shape index (κ2) is 11.0. The maximum Gasteiger partial charge on any atom is 0.341 e. The molecule has 0 radical (unpaired) electrons. The van der Waals surface area contributed by atoms with E-state index >= 15 is 0 Å². The van der Waals surface area contributed by atoms with Crippen LogP contribution in [-0.2, 0) is 21.5 Å². The number of aromatic amines is 1. The number of ether oxygens (including phenoxy) is 1. The summed E-state index contributed by atoms with van der Waals surface area (Å²) in [7, 11) is 0. The molecule has 186 valence electrons. The molecule has 1 aliphatic heterocycles. The van der Waals surface area contributed by atoms with Crippen molar-refractivity contribution < 1.29 is 14.3 Å². The van der Waals surface area contributed by atoms with Crippen molar-refractivity contribution in [3.05, 3.63) is 90.0 Å². The molecule has 4 rings (SSSR count). The Balaban J connectivity index is 1.48. The van der Waals surface area contributed by atoms with Crippen LogP contribution in [0.5, 0.6) is 0 Å². The third-order valence-corrected chi connectivity index (χ3v) is 6.51. The van der Waals surface area contributed by atoms with Gasteiger partial charge in [0.2, 0.25) is 11.9 Å². The lowest BCUT2D eigenvalue weighted by molar-refractivity contribution is -0.132. The summed E-state index contributed by atoms with van der Waals surface area (Å²) in [6.07, 6.45) is 8.08. The molecule has 1 aliphatic rings. The number of hydrogen-bond donors (Lipinski definition) is 2. The molecule has 3 aromatic rings. The van der Waals surface area contributed by atoms with Crippen LogP contribution in [-0.4, -0.2) is 51.4 Å². The van der Waals surface area contributed by atoms with Crippen LogP contribution in [0.4, 0.5) is 5.95 Å². The zero-order valence-corrected chi connectivity index (χ0v) is 20.5. The van der Waals surface area contributed by atoms with Crippen LogP contribution in [0.1, 0.15) is 52.6 Å². The number of rotatable bonds is 9. The number of amides is 1. The van der Waals surface area contributed by atoms with Crippen molar-refractivity contribution in [2.75, 3.05) is 25.0 Å². The van der Waals surface area contributed by atoms with Gasteiger partial charge in [0, 0.05) is 36.9 Å². The second-order valence-electron chi connectivity index (χ2n) is 8.72. The molecule has 3 heterocycles. The summed E-state index contributed by atoms with van der Waals surface area (Å²) >= 11 is 0. The Morgan fingerprint density at radius 2 is 1.83 bits per heavy atom. The number of aromatic nitrogens is 3. The number of benzene rings is 1. The Morgan fingerprint density at radius 1 is 1.14 bits per heavy atom. The summed E-state index contributed by atoms with van der Waals surface area (Å²) in [6, 6.07) is 12.1. The quantitative estimate of drug-likeness (QED) is 0.435. The molecule has 1 amide bonds. The van der Waals surface area contributed by atoms with Gasteiger partial charge in [-0.1, -0.05) is 49.6 Å². The maximum atomic E-state index is 13.1. The number of hydrogen-bond acceptors (Lipinski definition) is 6. The van der Waals surface area contributed by atoms with Gasteiger partial charge < -0.3 is 19.9 Å². The molecule has 8 heteroatoms. The number of carbonyl (C=O) groups is 2. The molecule has 0 atom stereocenters. The molecule has 0 unspecified atom stereocenters. The van der Waals surface area contributed by atoms with Gasteiger partial charge in [0.25, 0.3) is 0 Å². The highest BCUT2D eigenvalue weighted by Crippen LogP contribution is 2.36.